The van der Waals surface area contributed by atoms with E-state index in [1.807, 2.05) is 0 Å². The van der Waals surface area contributed by atoms with Gasteiger partial charge in [-0.15, -0.1) is 0 Å². The van der Waals surface area contributed by atoms with Crippen LogP contribution in [0.5, 0.6) is 0 Å². The normalized spacial score (nSPS) is 11.0. The molecule has 0 amide bonds. The number of unbranched alkanes of at least 4 members (excludes halogenated alkanes) is 11. The molecule has 0 atom stereocenters. The summed E-state index contributed by atoms with van der Waals surface area (Å²) in [7, 11) is 0. The lowest BCUT2D eigenvalue weighted by atomic mass is 9.93. The molecule has 0 aliphatic rings. The molecule has 0 heterocycles. The average molecular weight is 447 g/mol. The van der Waals surface area contributed by atoms with Gasteiger partial charge in [-0.1, -0.05) is 82.9 Å². The summed E-state index contributed by atoms with van der Waals surface area (Å²) in [6.45, 7) is 2.24. The van der Waals surface area contributed by atoms with E-state index in [1.165, 1.54) is 74.5 Å². The Bertz CT molecular complexity index is 638. The molecule has 0 saturated heterocycles. The molecule has 2 N–H and O–H groups in total. The minimum atomic E-state index is -0.682. The molecule has 0 radical (unpaired) electrons. The molecule has 0 aromatic heterocycles. The Labute approximate surface area is 195 Å². The number of carboxylic acid groups (broad SMARTS) is 2. The molecule has 4 nitrogen and oxygen atoms in total. The molecule has 0 fully saturated rings. The van der Waals surface area contributed by atoms with Crippen LogP contribution in [0.2, 0.25) is 0 Å². The van der Waals surface area contributed by atoms with E-state index in [4.69, 9.17) is 10.2 Å². The Kier molecular flexibility index (Phi) is 16.5. The van der Waals surface area contributed by atoms with Crippen LogP contribution in [0.1, 0.15) is 126 Å². The maximum atomic E-state index is 10.6. The van der Waals surface area contributed by atoms with Gasteiger partial charge in [0.1, 0.15) is 0 Å². The summed E-state index contributed by atoms with van der Waals surface area (Å²) in [4.78, 5) is 21.1. The zero-order valence-electron chi connectivity index (χ0n) is 20.4. The van der Waals surface area contributed by atoms with Gasteiger partial charge in [-0.3, -0.25) is 9.59 Å². The number of rotatable bonds is 21. The molecule has 0 aliphatic carbocycles. The van der Waals surface area contributed by atoms with Crippen molar-refractivity contribution in [1.82, 2.24) is 0 Å². The molecule has 32 heavy (non-hydrogen) atoms. The smallest absolute Gasteiger partial charge is 0.303 e. The van der Waals surface area contributed by atoms with E-state index < -0.39 is 11.9 Å². The lowest BCUT2D eigenvalue weighted by Crippen LogP contribution is -1.98. The summed E-state index contributed by atoms with van der Waals surface area (Å²) in [5.41, 5.74) is 4.52. The minimum Gasteiger partial charge on any atom is -0.481 e. The van der Waals surface area contributed by atoms with Crippen molar-refractivity contribution in [1.29, 1.82) is 0 Å². The molecule has 0 spiro atoms. The van der Waals surface area contributed by atoms with Gasteiger partial charge in [0.2, 0.25) is 0 Å². The van der Waals surface area contributed by atoms with Gasteiger partial charge in [0.05, 0.1) is 0 Å². The number of hydrogen-bond acceptors (Lipinski definition) is 2. The fraction of sp³-hybridized carbons (Fsp3) is 0.714. The van der Waals surface area contributed by atoms with Crippen LogP contribution in [-0.4, -0.2) is 22.2 Å². The number of carboxylic acids is 2. The standard InChI is InChI=1S/C28H46O4/c1-2-3-16-24-21-22-25(17-12-8-4-6-10-14-19-27(29)30)26(23-24)18-13-9-5-7-11-15-20-28(31)32/h21-23H,2-20H2,1H3,(H,29,30)(H,31,32). The van der Waals surface area contributed by atoms with E-state index in [2.05, 4.69) is 25.1 Å². The molecule has 0 unspecified atom stereocenters. The quantitative estimate of drug-likeness (QED) is 0.189. The summed E-state index contributed by atoms with van der Waals surface area (Å²) in [5.74, 6) is -1.36. The molecule has 1 rings (SSSR count). The predicted molar refractivity (Wildman–Crippen MR) is 132 cm³/mol. The van der Waals surface area contributed by atoms with Crippen LogP contribution in [0.25, 0.3) is 0 Å². The molecule has 0 bridgehead atoms. The number of benzene rings is 1. The van der Waals surface area contributed by atoms with Gasteiger partial charge in [0.15, 0.2) is 0 Å². The molecular formula is C28H46O4. The second-order valence-electron chi connectivity index (χ2n) is 9.24. The first-order chi connectivity index (χ1) is 15.5. The van der Waals surface area contributed by atoms with E-state index >= 15 is 0 Å². The zero-order valence-corrected chi connectivity index (χ0v) is 20.4. The molecule has 1 aromatic rings. The van der Waals surface area contributed by atoms with Crippen LogP contribution >= 0.6 is 0 Å². The van der Waals surface area contributed by atoms with Crippen molar-refractivity contribution in [3.05, 3.63) is 34.9 Å². The maximum absolute atomic E-state index is 10.6. The molecular weight excluding hydrogens is 400 g/mol. The summed E-state index contributed by atoms with van der Waals surface area (Å²) in [6, 6.07) is 7.13. The fourth-order valence-electron chi connectivity index (χ4n) is 4.29. The van der Waals surface area contributed by atoms with E-state index in [0.29, 0.717) is 12.8 Å². The highest BCUT2D eigenvalue weighted by Crippen LogP contribution is 2.20. The minimum absolute atomic E-state index is 0.302. The topological polar surface area (TPSA) is 74.6 Å². The number of carbonyl (C=O) groups is 2. The van der Waals surface area contributed by atoms with Crippen molar-refractivity contribution in [3.8, 4) is 0 Å². The van der Waals surface area contributed by atoms with E-state index in [1.54, 1.807) is 0 Å². The van der Waals surface area contributed by atoms with Crippen molar-refractivity contribution in [2.75, 3.05) is 0 Å². The Morgan fingerprint density at radius 1 is 0.594 bits per heavy atom. The second kappa shape index (κ2) is 18.7. The zero-order chi connectivity index (χ0) is 23.4. The molecule has 1 aromatic carbocycles. The largest absolute Gasteiger partial charge is 0.481 e. The lowest BCUT2D eigenvalue weighted by molar-refractivity contribution is -0.138. The van der Waals surface area contributed by atoms with E-state index in [9.17, 15) is 9.59 Å². The highest BCUT2D eigenvalue weighted by molar-refractivity contribution is 5.66. The SMILES string of the molecule is CCCCc1ccc(CCCCCCCCC(=O)O)c(CCCCCCCCC(=O)O)c1. The van der Waals surface area contributed by atoms with Crippen LogP contribution in [-0.2, 0) is 28.9 Å². The van der Waals surface area contributed by atoms with E-state index in [-0.39, 0.29) is 0 Å². The van der Waals surface area contributed by atoms with Crippen LogP contribution in [0.3, 0.4) is 0 Å². The van der Waals surface area contributed by atoms with Crippen molar-refractivity contribution in [3.63, 3.8) is 0 Å². The molecule has 182 valence electrons. The van der Waals surface area contributed by atoms with Crippen LogP contribution in [0.15, 0.2) is 18.2 Å². The van der Waals surface area contributed by atoms with E-state index in [0.717, 1.165) is 51.4 Å². The van der Waals surface area contributed by atoms with Gasteiger partial charge in [0, 0.05) is 12.8 Å². The molecule has 4 heteroatoms. The monoisotopic (exact) mass is 446 g/mol. The Morgan fingerprint density at radius 3 is 1.56 bits per heavy atom. The predicted octanol–water partition coefficient (Wildman–Crippen LogP) is 7.74. The van der Waals surface area contributed by atoms with Crippen LogP contribution < -0.4 is 0 Å². The Morgan fingerprint density at radius 2 is 1.06 bits per heavy atom. The highest BCUT2D eigenvalue weighted by Gasteiger charge is 2.06. The third-order valence-corrected chi connectivity index (χ3v) is 6.26. The van der Waals surface area contributed by atoms with Gasteiger partial charge < -0.3 is 10.2 Å². The van der Waals surface area contributed by atoms with Gasteiger partial charge in [-0.2, -0.15) is 0 Å². The first kappa shape index (κ1) is 28.2. The second-order valence-corrected chi connectivity index (χ2v) is 9.24. The van der Waals surface area contributed by atoms with Gasteiger partial charge in [-0.25, -0.2) is 0 Å². The third kappa shape index (κ3) is 15.0. The molecule has 0 aliphatic heterocycles. The van der Waals surface area contributed by atoms with Crippen molar-refractivity contribution >= 4 is 11.9 Å². The summed E-state index contributed by atoms with van der Waals surface area (Å²) in [5, 5.41) is 17.4. The first-order valence-electron chi connectivity index (χ1n) is 13.1. The number of aliphatic carboxylic acids is 2. The maximum Gasteiger partial charge on any atom is 0.303 e. The number of hydrogen-bond donors (Lipinski definition) is 2. The van der Waals surface area contributed by atoms with Crippen LogP contribution in [0.4, 0.5) is 0 Å². The summed E-state index contributed by atoms with van der Waals surface area (Å²) < 4.78 is 0. The average Bonchev–Trinajstić information content (AvgIpc) is 2.76. The fourth-order valence-corrected chi connectivity index (χ4v) is 4.29. The summed E-state index contributed by atoms with van der Waals surface area (Å²) in [6.07, 6.45) is 19.8. The lowest BCUT2D eigenvalue weighted by Gasteiger charge is -2.13. The van der Waals surface area contributed by atoms with Gasteiger partial charge in [-0.05, 0) is 68.1 Å². The van der Waals surface area contributed by atoms with Crippen molar-refractivity contribution < 1.29 is 19.8 Å². The van der Waals surface area contributed by atoms with Gasteiger partial charge >= 0.3 is 11.9 Å². The third-order valence-electron chi connectivity index (χ3n) is 6.26. The Balaban J connectivity index is 2.36. The van der Waals surface area contributed by atoms with Crippen molar-refractivity contribution in [2.24, 2.45) is 0 Å². The molecule has 0 saturated carbocycles. The van der Waals surface area contributed by atoms with Gasteiger partial charge in [0.25, 0.3) is 0 Å². The Hall–Kier alpha value is -1.84. The number of aryl methyl sites for hydroxylation is 3. The summed E-state index contributed by atoms with van der Waals surface area (Å²) >= 11 is 0. The van der Waals surface area contributed by atoms with Crippen molar-refractivity contribution in [2.45, 2.75) is 129 Å². The first-order valence-corrected chi connectivity index (χ1v) is 13.1. The highest BCUT2D eigenvalue weighted by atomic mass is 16.4. The van der Waals surface area contributed by atoms with Crippen LogP contribution in [0, 0.1) is 0 Å².